The Labute approximate surface area is 128 Å². The van der Waals surface area contributed by atoms with Gasteiger partial charge in [0, 0.05) is 0 Å². The van der Waals surface area contributed by atoms with Gasteiger partial charge in [-0.2, -0.15) is 0 Å². The lowest BCUT2D eigenvalue weighted by atomic mass is 9.98. The maximum atomic E-state index is 12.4. The van der Waals surface area contributed by atoms with Gasteiger partial charge in [-0.15, -0.1) is 0 Å². The molecule has 0 fully saturated rings. The molecule has 0 saturated heterocycles. The Balaban J connectivity index is 2.15. The fraction of sp³-hybridized carbons (Fsp3) is 0.176. The van der Waals surface area contributed by atoms with Crippen LogP contribution in [0.15, 0.2) is 54.6 Å². The van der Waals surface area contributed by atoms with Gasteiger partial charge in [-0.3, -0.25) is 15.2 Å². The zero-order chi connectivity index (χ0) is 15.5. The molecule has 2 aromatic rings. The lowest BCUT2D eigenvalue weighted by molar-refractivity contribution is -0.142. The van der Waals surface area contributed by atoms with Crippen LogP contribution in [0.25, 0.3) is 0 Å². The maximum Gasteiger partial charge on any atom is 0.335 e. The molecule has 112 valence electrons. The van der Waals surface area contributed by atoms with E-state index in [1.54, 1.807) is 5.01 Å². The van der Waals surface area contributed by atoms with Gasteiger partial charge >= 0.3 is 5.97 Å². The van der Waals surface area contributed by atoms with Crippen LogP contribution in [0.5, 0.6) is 0 Å². The van der Waals surface area contributed by atoms with Gasteiger partial charge in [0.05, 0.1) is 19.2 Å². The third-order valence-electron chi connectivity index (χ3n) is 3.66. The van der Waals surface area contributed by atoms with Gasteiger partial charge in [-0.25, -0.2) is 4.79 Å². The molecule has 0 spiro atoms. The number of hydrazine groups is 1. The molecule has 0 radical (unpaired) electrons. The number of hydrogen-bond acceptors (Lipinski definition) is 4. The van der Waals surface area contributed by atoms with Crippen LogP contribution in [0.3, 0.4) is 0 Å². The number of carbonyl (C=O) groups excluding carboxylic acids is 2. The van der Waals surface area contributed by atoms with Gasteiger partial charge in [-0.1, -0.05) is 42.5 Å². The number of esters is 1. The average Bonchev–Trinajstić information content (AvgIpc) is 2.70. The van der Waals surface area contributed by atoms with Crippen molar-refractivity contribution in [3.63, 3.8) is 0 Å². The van der Waals surface area contributed by atoms with E-state index in [2.05, 4.69) is 5.43 Å². The molecular weight excluding hydrogens is 280 g/mol. The molecule has 1 aliphatic rings. The summed E-state index contributed by atoms with van der Waals surface area (Å²) in [4.78, 5) is 24.5. The second-order valence-corrected chi connectivity index (χ2v) is 5.04. The molecule has 1 aliphatic heterocycles. The van der Waals surface area contributed by atoms with Crippen LogP contribution in [0.4, 0.5) is 5.69 Å². The monoisotopic (exact) mass is 296 g/mol. The van der Waals surface area contributed by atoms with E-state index in [4.69, 9.17) is 4.74 Å². The van der Waals surface area contributed by atoms with Gasteiger partial charge in [0.15, 0.2) is 6.04 Å². The van der Waals surface area contributed by atoms with Crippen molar-refractivity contribution in [1.29, 1.82) is 0 Å². The number of para-hydroxylation sites is 1. The van der Waals surface area contributed by atoms with E-state index in [9.17, 15) is 9.59 Å². The second-order valence-electron chi connectivity index (χ2n) is 5.04. The summed E-state index contributed by atoms with van der Waals surface area (Å²) in [5.41, 5.74) is 5.13. The molecule has 0 saturated carbocycles. The van der Waals surface area contributed by atoms with Crippen LogP contribution in [0, 0.1) is 0 Å². The van der Waals surface area contributed by atoms with Crippen molar-refractivity contribution in [2.45, 2.75) is 12.5 Å². The van der Waals surface area contributed by atoms with Gasteiger partial charge in [0.1, 0.15) is 0 Å². The summed E-state index contributed by atoms with van der Waals surface area (Å²) in [6.07, 6.45) is 0.229. The Morgan fingerprint density at radius 1 is 1.14 bits per heavy atom. The molecular formula is C17H16N2O3. The highest BCUT2D eigenvalue weighted by Gasteiger charge is 2.34. The van der Waals surface area contributed by atoms with E-state index in [-0.39, 0.29) is 12.3 Å². The van der Waals surface area contributed by atoms with Crippen molar-refractivity contribution in [1.82, 2.24) is 5.43 Å². The fourth-order valence-electron chi connectivity index (χ4n) is 2.66. The number of hydrogen-bond donors (Lipinski definition) is 1. The van der Waals surface area contributed by atoms with Crippen molar-refractivity contribution < 1.29 is 14.3 Å². The SMILES string of the molecule is COC(=O)C1c2ccccc2CC(=O)NN1c1ccccc1. The zero-order valence-electron chi connectivity index (χ0n) is 12.2. The van der Waals surface area contributed by atoms with Crippen LogP contribution in [-0.2, 0) is 20.7 Å². The summed E-state index contributed by atoms with van der Waals surface area (Å²) in [6, 6.07) is 16.0. The van der Waals surface area contributed by atoms with E-state index in [0.717, 1.165) is 16.8 Å². The van der Waals surface area contributed by atoms with E-state index >= 15 is 0 Å². The Morgan fingerprint density at radius 2 is 1.82 bits per heavy atom. The van der Waals surface area contributed by atoms with Gasteiger partial charge in [-0.05, 0) is 23.3 Å². The Kier molecular flexibility index (Phi) is 3.78. The van der Waals surface area contributed by atoms with E-state index < -0.39 is 12.0 Å². The molecule has 0 aromatic heterocycles. The number of benzene rings is 2. The number of nitrogens with one attached hydrogen (secondary N) is 1. The molecule has 1 amide bonds. The van der Waals surface area contributed by atoms with Crippen LogP contribution >= 0.6 is 0 Å². The normalized spacial score (nSPS) is 17.2. The highest BCUT2D eigenvalue weighted by molar-refractivity contribution is 5.88. The molecule has 3 rings (SSSR count). The van der Waals surface area contributed by atoms with Crippen molar-refractivity contribution in [3.8, 4) is 0 Å². The standard InChI is InChI=1S/C17H16N2O3/c1-22-17(21)16-14-10-6-5-7-12(14)11-15(20)18-19(16)13-8-3-2-4-9-13/h2-10,16H,11H2,1H3,(H,18,20). The first-order chi connectivity index (χ1) is 10.7. The number of nitrogens with zero attached hydrogens (tertiary/aromatic N) is 1. The van der Waals surface area contributed by atoms with Crippen molar-refractivity contribution >= 4 is 17.6 Å². The summed E-state index contributed by atoms with van der Waals surface area (Å²) in [7, 11) is 1.35. The lowest BCUT2D eigenvalue weighted by Crippen LogP contribution is -2.46. The largest absolute Gasteiger partial charge is 0.467 e. The molecule has 0 aliphatic carbocycles. The smallest absolute Gasteiger partial charge is 0.335 e. The molecule has 1 atom stereocenters. The molecule has 1 unspecified atom stereocenters. The average molecular weight is 296 g/mol. The summed E-state index contributed by atoms with van der Waals surface area (Å²) >= 11 is 0. The lowest BCUT2D eigenvalue weighted by Gasteiger charge is -2.30. The predicted octanol–water partition coefficient (Wildman–Crippen LogP) is 1.99. The van der Waals surface area contributed by atoms with E-state index in [1.165, 1.54) is 7.11 Å². The third-order valence-corrected chi connectivity index (χ3v) is 3.66. The maximum absolute atomic E-state index is 12.4. The summed E-state index contributed by atoms with van der Waals surface area (Å²) < 4.78 is 4.96. The van der Waals surface area contributed by atoms with Crippen molar-refractivity contribution in [2.75, 3.05) is 12.1 Å². The first kappa shape index (κ1) is 14.1. The molecule has 0 bridgehead atoms. The quantitative estimate of drug-likeness (QED) is 0.861. The highest BCUT2D eigenvalue weighted by Crippen LogP contribution is 2.31. The minimum Gasteiger partial charge on any atom is -0.467 e. The van der Waals surface area contributed by atoms with E-state index in [1.807, 2.05) is 54.6 Å². The number of carbonyl (C=O) groups is 2. The Morgan fingerprint density at radius 3 is 2.55 bits per heavy atom. The van der Waals surface area contributed by atoms with Crippen LogP contribution in [0.2, 0.25) is 0 Å². The molecule has 2 aromatic carbocycles. The van der Waals surface area contributed by atoms with E-state index in [0.29, 0.717) is 0 Å². The molecule has 22 heavy (non-hydrogen) atoms. The van der Waals surface area contributed by atoms with Gasteiger partial charge in [0.2, 0.25) is 5.91 Å². The number of rotatable bonds is 2. The summed E-state index contributed by atoms with van der Waals surface area (Å²) in [6.45, 7) is 0. The molecule has 1 heterocycles. The Hall–Kier alpha value is -2.82. The number of methoxy groups -OCH3 is 1. The molecule has 1 N–H and O–H groups in total. The van der Waals surface area contributed by atoms with Crippen molar-refractivity contribution in [2.24, 2.45) is 0 Å². The first-order valence-corrected chi connectivity index (χ1v) is 7.00. The van der Waals surface area contributed by atoms with Gasteiger partial charge < -0.3 is 4.74 Å². The number of anilines is 1. The number of ether oxygens (including phenoxy) is 1. The highest BCUT2D eigenvalue weighted by atomic mass is 16.5. The fourth-order valence-corrected chi connectivity index (χ4v) is 2.66. The summed E-state index contributed by atoms with van der Waals surface area (Å²) in [5.74, 6) is -0.582. The second kappa shape index (κ2) is 5.89. The third kappa shape index (κ3) is 2.53. The van der Waals surface area contributed by atoms with Crippen molar-refractivity contribution in [3.05, 3.63) is 65.7 Å². The first-order valence-electron chi connectivity index (χ1n) is 7.00. The minimum absolute atomic E-state index is 0.164. The van der Waals surface area contributed by atoms with Crippen LogP contribution < -0.4 is 10.4 Å². The number of amides is 1. The molecule has 5 heteroatoms. The van der Waals surface area contributed by atoms with Gasteiger partial charge in [0.25, 0.3) is 0 Å². The predicted molar refractivity (Wildman–Crippen MR) is 82.0 cm³/mol. The molecule has 5 nitrogen and oxygen atoms in total. The topological polar surface area (TPSA) is 58.6 Å². The zero-order valence-corrected chi connectivity index (χ0v) is 12.2. The minimum atomic E-state index is -0.713. The van der Waals surface area contributed by atoms with Crippen LogP contribution in [-0.4, -0.2) is 19.0 Å². The summed E-state index contributed by atoms with van der Waals surface area (Å²) in [5, 5.41) is 1.57. The number of fused-ring (bicyclic) bond motifs is 1. The Bertz CT molecular complexity index is 700. The van der Waals surface area contributed by atoms with Crippen LogP contribution in [0.1, 0.15) is 17.2 Å².